The Hall–Kier alpha value is -1.03. The first-order valence-corrected chi connectivity index (χ1v) is 10.0. The maximum absolute atomic E-state index is 12.7. The second kappa shape index (κ2) is 8.18. The van der Waals surface area contributed by atoms with Gasteiger partial charge in [-0.05, 0) is 25.7 Å². The smallest absolute Gasteiger partial charge is 0.254 e. The number of hydrogen-bond donors (Lipinski definition) is 1. The van der Waals surface area contributed by atoms with Crippen molar-refractivity contribution in [1.82, 2.24) is 9.29 Å². The van der Waals surface area contributed by atoms with Crippen molar-refractivity contribution in [2.45, 2.75) is 49.8 Å². The van der Waals surface area contributed by atoms with E-state index in [4.69, 9.17) is 4.74 Å². The Morgan fingerprint density at radius 3 is 2.96 bits per heavy atom. The van der Waals surface area contributed by atoms with Crippen molar-refractivity contribution in [1.29, 1.82) is 0 Å². The molecule has 23 heavy (non-hydrogen) atoms. The lowest BCUT2D eigenvalue weighted by molar-refractivity contribution is -0.114. The van der Waals surface area contributed by atoms with Crippen molar-refractivity contribution in [2.75, 3.05) is 25.0 Å². The molecule has 0 radical (unpaired) electrons. The van der Waals surface area contributed by atoms with Gasteiger partial charge in [0.2, 0.25) is 5.91 Å². The topological polar surface area (TPSA) is 88.6 Å². The summed E-state index contributed by atoms with van der Waals surface area (Å²) in [6.45, 7) is 5.07. The zero-order valence-electron chi connectivity index (χ0n) is 13.4. The molecule has 1 aromatic heterocycles. The van der Waals surface area contributed by atoms with E-state index < -0.39 is 10.0 Å². The van der Waals surface area contributed by atoms with Crippen LogP contribution >= 0.6 is 11.3 Å². The Morgan fingerprint density at radius 2 is 2.26 bits per heavy atom. The van der Waals surface area contributed by atoms with Crippen molar-refractivity contribution in [2.24, 2.45) is 0 Å². The SMILES string of the molecule is CCCOC1CCCN(S(=O)(=O)c2cnc(NC(C)=O)s2)CC1. The Bertz CT molecular complexity index is 630. The summed E-state index contributed by atoms with van der Waals surface area (Å²) in [7, 11) is -3.56. The van der Waals surface area contributed by atoms with Gasteiger partial charge in [0, 0.05) is 26.6 Å². The van der Waals surface area contributed by atoms with Gasteiger partial charge in [0.05, 0.1) is 12.3 Å². The second-order valence-corrected chi connectivity index (χ2v) is 8.69. The second-order valence-electron chi connectivity index (χ2n) is 5.49. The maximum Gasteiger partial charge on any atom is 0.254 e. The molecule has 1 N–H and O–H groups in total. The number of aromatic nitrogens is 1. The third-order valence-corrected chi connectivity index (χ3v) is 6.80. The number of amides is 1. The predicted octanol–water partition coefficient (Wildman–Crippen LogP) is 2.07. The number of nitrogens with one attached hydrogen (secondary N) is 1. The standard InChI is InChI=1S/C14H23N3O4S2/c1-3-9-21-12-5-4-7-17(8-6-12)23(19,20)13-10-15-14(22-13)16-11(2)18/h10,12H,3-9H2,1-2H3,(H,15,16,18). The van der Waals surface area contributed by atoms with Gasteiger partial charge < -0.3 is 10.1 Å². The molecule has 1 saturated heterocycles. The molecule has 2 heterocycles. The number of anilines is 1. The van der Waals surface area contributed by atoms with Crippen molar-refractivity contribution in [3.05, 3.63) is 6.20 Å². The summed E-state index contributed by atoms with van der Waals surface area (Å²) in [5, 5.41) is 2.81. The first kappa shape index (κ1) is 18.3. The average molecular weight is 361 g/mol. The number of carbonyl (C=O) groups is 1. The van der Waals surface area contributed by atoms with Crippen molar-refractivity contribution in [3.63, 3.8) is 0 Å². The lowest BCUT2D eigenvalue weighted by Crippen LogP contribution is -2.32. The summed E-state index contributed by atoms with van der Waals surface area (Å²) >= 11 is 0.979. The number of ether oxygens (including phenoxy) is 1. The van der Waals surface area contributed by atoms with E-state index in [1.54, 1.807) is 0 Å². The van der Waals surface area contributed by atoms with E-state index in [-0.39, 0.29) is 16.2 Å². The van der Waals surface area contributed by atoms with Gasteiger partial charge in [-0.15, -0.1) is 0 Å². The highest BCUT2D eigenvalue weighted by atomic mass is 32.2. The molecule has 2 rings (SSSR count). The van der Waals surface area contributed by atoms with Crippen LogP contribution in [-0.2, 0) is 19.6 Å². The fourth-order valence-corrected chi connectivity index (χ4v) is 5.17. The number of rotatable bonds is 6. The molecule has 1 amide bonds. The lowest BCUT2D eigenvalue weighted by Gasteiger charge is -2.19. The van der Waals surface area contributed by atoms with Crippen molar-refractivity contribution in [3.8, 4) is 0 Å². The Morgan fingerprint density at radius 1 is 1.48 bits per heavy atom. The molecule has 1 atom stereocenters. The largest absolute Gasteiger partial charge is 0.378 e. The molecular formula is C14H23N3O4S2. The molecule has 1 unspecified atom stereocenters. The summed E-state index contributed by atoms with van der Waals surface area (Å²) < 4.78 is 32.8. The van der Waals surface area contributed by atoms with Gasteiger partial charge in [0.15, 0.2) is 9.34 Å². The van der Waals surface area contributed by atoms with Crippen molar-refractivity contribution >= 4 is 32.4 Å². The monoisotopic (exact) mass is 361 g/mol. The highest BCUT2D eigenvalue weighted by Crippen LogP contribution is 2.28. The van der Waals surface area contributed by atoms with Crippen LogP contribution in [0.2, 0.25) is 0 Å². The Kier molecular flexibility index (Phi) is 6.51. The van der Waals surface area contributed by atoms with Crippen LogP contribution in [0.1, 0.15) is 39.5 Å². The van der Waals surface area contributed by atoms with E-state index in [0.29, 0.717) is 31.2 Å². The minimum absolute atomic E-state index is 0.131. The quantitative estimate of drug-likeness (QED) is 0.838. The van der Waals surface area contributed by atoms with Gasteiger partial charge in [-0.2, -0.15) is 4.31 Å². The highest BCUT2D eigenvalue weighted by Gasteiger charge is 2.29. The van der Waals surface area contributed by atoms with Crippen LogP contribution in [0.3, 0.4) is 0 Å². The molecule has 0 aliphatic carbocycles. The number of nitrogens with zero attached hydrogens (tertiary/aromatic N) is 2. The maximum atomic E-state index is 12.7. The van der Waals surface area contributed by atoms with Crippen LogP contribution in [0.5, 0.6) is 0 Å². The first-order chi connectivity index (χ1) is 10.9. The fourth-order valence-electron chi connectivity index (χ4n) is 2.45. The third-order valence-electron chi connectivity index (χ3n) is 3.55. The molecule has 130 valence electrons. The van der Waals surface area contributed by atoms with Crippen molar-refractivity contribution < 1.29 is 17.9 Å². The molecule has 0 spiro atoms. The molecule has 7 nitrogen and oxygen atoms in total. The molecular weight excluding hydrogens is 338 g/mol. The Labute approximate surface area is 141 Å². The molecule has 1 fully saturated rings. The van der Waals surface area contributed by atoms with Gasteiger partial charge in [0.1, 0.15) is 0 Å². The van der Waals surface area contributed by atoms with Crippen LogP contribution in [0.15, 0.2) is 10.4 Å². The van der Waals surface area contributed by atoms with Gasteiger partial charge in [-0.1, -0.05) is 18.3 Å². The summed E-state index contributed by atoms with van der Waals surface area (Å²) in [4.78, 5) is 15.0. The van der Waals surface area contributed by atoms with E-state index in [1.165, 1.54) is 17.4 Å². The van der Waals surface area contributed by atoms with E-state index in [0.717, 1.165) is 30.6 Å². The summed E-state index contributed by atoms with van der Waals surface area (Å²) in [5.74, 6) is -0.269. The molecule has 1 aromatic rings. The summed E-state index contributed by atoms with van der Waals surface area (Å²) in [6, 6.07) is 0. The number of hydrogen-bond acceptors (Lipinski definition) is 6. The summed E-state index contributed by atoms with van der Waals surface area (Å²) in [5.41, 5.74) is 0. The first-order valence-electron chi connectivity index (χ1n) is 7.78. The Balaban J connectivity index is 2.04. The van der Waals surface area contributed by atoms with E-state index in [9.17, 15) is 13.2 Å². The van der Waals surface area contributed by atoms with E-state index in [1.807, 2.05) is 0 Å². The molecule has 9 heteroatoms. The van der Waals surface area contributed by atoms with Crippen LogP contribution < -0.4 is 5.32 Å². The van der Waals surface area contributed by atoms with E-state index >= 15 is 0 Å². The number of thiazole rings is 1. The molecule has 0 saturated carbocycles. The number of sulfonamides is 1. The molecule has 0 aromatic carbocycles. The van der Waals surface area contributed by atoms with Gasteiger partial charge >= 0.3 is 0 Å². The van der Waals surface area contributed by atoms with Crippen LogP contribution in [0.25, 0.3) is 0 Å². The van der Waals surface area contributed by atoms with Gasteiger partial charge in [-0.25, -0.2) is 13.4 Å². The zero-order chi connectivity index (χ0) is 16.9. The van der Waals surface area contributed by atoms with Crippen LogP contribution in [0, 0.1) is 0 Å². The summed E-state index contributed by atoms with van der Waals surface area (Å²) in [6.07, 6.45) is 4.77. The zero-order valence-corrected chi connectivity index (χ0v) is 15.1. The molecule has 1 aliphatic heterocycles. The van der Waals surface area contributed by atoms with Crippen LogP contribution in [0.4, 0.5) is 5.13 Å². The number of carbonyl (C=O) groups excluding carboxylic acids is 1. The average Bonchev–Trinajstić information content (AvgIpc) is 2.82. The predicted molar refractivity (Wildman–Crippen MR) is 89.1 cm³/mol. The fraction of sp³-hybridized carbons (Fsp3) is 0.714. The van der Waals surface area contributed by atoms with Gasteiger partial charge in [0.25, 0.3) is 10.0 Å². The van der Waals surface area contributed by atoms with Crippen LogP contribution in [-0.4, -0.2) is 49.4 Å². The lowest BCUT2D eigenvalue weighted by atomic mass is 10.2. The minimum atomic E-state index is -3.56. The third kappa shape index (κ3) is 4.97. The minimum Gasteiger partial charge on any atom is -0.378 e. The van der Waals surface area contributed by atoms with E-state index in [2.05, 4.69) is 17.2 Å². The highest BCUT2D eigenvalue weighted by molar-refractivity contribution is 7.91. The van der Waals surface area contributed by atoms with Gasteiger partial charge in [-0.3, -0.25) is 4.79 Å². The molecule has 1 aliphatic rings. The normalized spacial score (nSPS) is 20.2. The molecule has 0 bridgehead atoms.